The van der Waals surface area contributed by atoms with E-state index in [4.69, 9.17) is 37.5 Å². The van der Waals surface area contributed by atoms with Crippen LogP contribution in [0.1, 0.15) is 58.1 Å². The average Bonchev–Trinajstić information content (AvgIpc) is 3.74. The molecule has 11 nitrogen and oxygen atoms in total. The molecule has 1 aliphatic heterocycles. The molecule has 0 saturated heterocycles. The average molecular weight is 701 g/mol. The molecule has 4 aromatic rings. The first-order valence-electron chi connectivity index (χ1n) is 15.4. The Morgan fingerprint density at radius 3 is 2.64 bits per heavy atom. The molecule has 1 aliphatic carbocycles. The highest BCUT2D eigenvalue weighted by molar-refractivity contribution is 6.32. The molecule has 2 amide bonds. The minimum Gasteiger partial charge on any atom is -0.495 e. The van der Waals surface area contributed by atoms with Crippen molar-refractivity contribution in [3.05, 3.63) is 105 Å². The van der Waals surface area contributed by atoms with Gasteiger partial charge in [-0.3, -0.25) is 14.6 Å². The third-order valence-electron chi connectivity index (χ3n) is 8.98. The number of nitrogens with two attached hydrogens (primary N) is 2. The molecule has 0 radical (unpaired) electrons. The van der Waals surface area contributed by atoms with Gasteiger partial charge in [0, 0.05) is 41.3 Å². The van der Waals surface area contributed by atoms with Gasteiger partial charge in [-0.2, -0.15) is 5.26 Å². The summed E-state index contributed by atoms with van der Waals surface area (Å²) in [6, 6.07) is 16.0. The zero-order chi connectivity index (χ0) is 36.0. The number of primary amides is 1. The van der Waals surface area contributed by atoms with Crippen LogP contribution in [0, 0.1) is 17.1 Å². The van der Waals surface area contributed by atoms with Gasteiger partial charge in [0.2, 0.25) is 5.91 Å². The normalized spacial score (nSPS) is 18.4. The Bertz CT molecular complexity index is 2130. The van der Waals surface area contributed by atoms with Crippen molar-refractivity contribution >= 4 is 35.3 Å². The molecule has 3 aromatic carbocycles. The zero-order valence-corrected chi connectivity index (χ0v) is 27.6. The van der Waals surface area contributed by atoms with Crippen LogP contribution in [-0.2, 0) is 15.8 Å². The SMILES string of the molecule is COc1cc(C(=O)NCC(O)(c2cccc(F)c2)c2cc3c(c(-c4cccc(Cl)c4C#N)n2)OC[C@]3(C)C(N)=O)cc(C=NC2(F)CC2)c1N. The molecule has 0 bridgehead atoms. The molecule has 6 N–H and O–H groups in total. The standard InChI is InChI=1S/C36H31ClF2N6O5/c1-34(33(42)47)18-50-31-25(34)14-28(45-30(31)23-7-4-8-26(37)24(23)15-40)36(48,21-5-3-6-22(38)13-21)17-43-32(46)19-11-20(16-44-35(39)9-10-35)29(41)27(12-19)49-2/h3-8,11-14,16,48H,9-10,17-18,41H2,1-2H3,(H2,42,47)(H,43,46)/t34-,36?/m0/s1. The Balaban J connectivity index is 1.48. The zero-order valence-electron chi connectivity index (χ0n) is 26.9. The van der Waals surface area contributed by atoms with Crippen LogP contribution >= 0.6 is 11.6 Å². The summed E-state index contributed by atoms with van der Waals surface area (Å²) in [4.78, 5) is 35.1. The second kappa shape index (κ2) is 12.7. The van der Waals surface area contributed by atoms with Crippen molar-refractivity contribution in [2.75, 3.05) is 26.0 Å². The number of rotatable bonds is 10. The van der Waals surface area contributed by atoms with E-state index in [1.54, 1.807) is 19.1 Å². The summed E-state index contributed by atoms with van der Waals surface area (Å²) in [5.74, 6) is -3.52. The molecule has 50 heavy (non-hydrogen) atoms. The van der Waals surface area contributed by atoms with E-state index in [0.717, 1.165) is 6.07 Å². The number of methoxy groups -OCH3 is 1. The van der Waals surface area contributed by atoms with Crippen LogP contribution in [-0.4, -0.2) is 54.2 Å². The molecule has 1 unspecified atom stereocenters. The molecular weight excluding hydrogens is 670 g/mol. The maximum absolute atomic E-state index is 14.7. The number of alkyl halides is 1. The summed E-state index contributed by atoms with van der Waals surface area (Å²) in [5.41, 5.74) is 9.28. The monoisotopic (exact) mass is 700 g/mol. The van der Waals surface area contributed by atoms with Crippen molar-refractivity contribution in [1.82, 2.24) is 10.3 Å². The Morgan fingerprint density at radius 2 is 1.98 bits per heavy atom. The Kier molecular flexibility index (Phi) is 8.71. The van der Waals surface area contributed by atoms with Crippen LogP contribution in [0.5, 0.6) is 11.5 Å². The number of amides is 2. The van der Waals surface area contributed by atoms with E-state index in [1.807, 2.05) is 0 Å². The number of ether oxygens (including phenoxy) is 2. The fourth-order valence-electron chi connectivity index (χ4n) is 5.69. The number of halogens is 3. The van der Waals surface area contributed by atoms with Crippen LogP contribution in [0.25, 0.3) is 11.3 Å². The minimum absolute atomic E-state index is 0.00267. The van der Waals surface area contributed by atoms with E-state index in [1.165, 1.54) is 55.8 Å². The molecule has 2 aliphatic rings. The van der Waals surface area contributed by atoms with Gasteiger partial charge in [0.25, 0.3) is 5.91 Å². The van der Waals surface area contributed by atoms with E-state index in [9.17, 15) is 28.7 Å². The van der Waals surface area contributed by atoms with Crippen molar-refractivity contribution in [2.24, 2.45) is 10.7 Å². The van der Waals surface area contributed by atoms with Gasteiger partial charge < -0.3 is 31.4 Å². The summed E-state index contributed by atoms with van der Waals surface area (Å²) in [7, 11) is 1.35. The van der Waals surface area contributed by atoms with E-state index < -0.39 is 41.0 Å². The van der Waals surface area contributed by atoms with Crippen LogP contribution < -0.4 is 26.3 Å². The van der Waals surface area contributed by atoms with E-state index in [2.05, 4.69) is 16.4 Å². The predicted molar refractivity (Wildman–Crippen MR) is 181 cm³/mol. The van der Waals surface area contributed by atoms with Gasteiger partial charge in [-0.1, -0.05) is 35.9 Å². The largest absolute Gasteiger partial charge is 0.495 e. The lowest BCUT2D eigenvalue weighted by atomic mass is 9.80. The second-order valence-corrected chi connectivity index (χ2v) is 12.8. The number of benzene rings is 3. The molecule has 0 spiro atoms. The lowest BCUT2D eigenvalue weighted by Crippen LogP contribution is -2.43. The van der Waals surface area contributed by atoms with Crippen molar-refractivity contribution in [3.8, 4) is 28.8 Å². The van der Waals surface area contributed by atoms with Crippen LogP contribution in [0.15, 0.2) is 65.7 Å². The lowest BCUT2D eigenvalue weighted by molar-refractivity contribution is -0.123. The summed E-state index contributed by atoms with van der Waals surface area (Å²) < 4.78 is 40.3. The fraction of sp³-hybridized carbons (Fsp3) is 0.250. The number of aliphatic hydroxyl groups is 1. The molecule has 1 aromatic heterocycles. The molecule has 1 saturated carbocycles. The summed E-state index contributed by atoms with van der Waals surface area (Å²) in [6.07, 6.45) is 1.79. The molecule has 6 rings (SSSR count). The van der Waals surface area contributed by atoms with E-state index in [0.29, 0.717) is 0 Å². The molecule has 2 heterocycles. The third-order valence-corrected chi connectivity index (χ3v) is 9.30. The number of aromatic nitrogens is 1. The highest BCUT2D eigenvalue weighted by Crippen LogP contribution is 2.47. The molecule has 1 fully saturated rings. The number of hydrogen-bond donors (Lipinski definition) is 4. The number of nitrogen functional groups attached to an aromatic ring is 1. The highest BCUT2D eigenvalue weighted by atomic mass is 35.5. The molecule has 256 valence electrons. The minimum atomic E-state index is -2.25. The number of carbonyl (C=O) groups is 2. The quantitative estimate of drug-likeness (QED) is 0.104. The third kappa shape index (κ3) is 6.08. The summed E-state index contributed by atoms with van der Waals surface area (Å²) in [5, 5.41) is 25.3. The van der Waals surface area contributed by atoms with Gasteiger partial charge in [0.15, 0.2) is 5.79 Å². The van der Waals surface area contributed by atoms with Gasteiger partial charge in [-0.25, -0.2) is 13.8 Å². The van der Waals surface area contributed by atoms with Crippen LogP contribution in [0.3, 0.4) is 0 Å². The maximum Gasteiger partial charge on any atom is 0.251 e. The summed E-state index contributed by atoms with van der Waals surface area (Å²) in [6.45, 7) is 0.824. The van der Waals surface area contributed by atoms with Gasteiger partial charge in [0.05, 0.1) is 35.6 Å². The first-order chi connectivity index (χ1) is 23.7. The van der Waals surface area contributed by atoms with Crippen molar-refractivity contribution in [1.29, 1.82) is 5.26 Å². The number of nitrogens with zero attached hydrogens (tertiary/aromatic N) is 3. The van der Waals surface area contributed by atoms with E-state index in [-0.39, 0.29) is 86.4 Å². The second-order valence-electron chi connectivity index (χ2n) is 12.4. The molecular formula is C36H31ClF2N6O5. The number of nitrogens with one attached hydrogen (secondary N) is 1. The van der Waals surface area contributed by atoms with Gasteiger partial charge in [0.1, 0.15) is 46.7 Å². The maximum atomic E-state index is 14.7. The Morgan fingerprint density at radius 1 is 1.24 bits per heavy atom. The van der Waals surface area contributed by atoms with Crippen LogP contribution in [0.2, 0.25) is 5.02 Å². The first kappa shape index (κ1) is 34.3. The Hall–Kier alpha value is -5.58. The number of pyridine rings is 1. The Labute approximate surface area is 290 Å². The first-order valence-corrected chi connectivity index (χ1v) is 15.8. The number of carbonyl (C=O) groups excluding carboxylic acids is 2. The number of anilines is 1. The fourth-order valence-corrected chi connectivity index (χ4v) is 5.90. The lowest BCUT2D eigenvalue weighted by Gasteiger charge is -2.30. The van der Waals surface area contributed by atoms with Crippen molar-refractivity contribution in [3.63, 3.8) is 0 Å². The van der Waals surface area contributed by atoms with Gasteiger partial charge in [-0.05, 0) is 48.9 Å². The summed E-state index contributed by atoms with van der Waals surface area (Å²) >= 11 is 6.36. The smallest absolute Gasteiger partial charge is 0.251 e. The van der Waals surface area contributed by atoms with Crippen molar-refractivity contribution in [2.45, 2.75) is 36.6 Å². The number of aliphatic imine (C=N–C) groups is 1. The molecule has 14 heteroatoms. The highest BCUT2D eigenvalue weighted by Gasteiger charge is 2.46. The number of nitriles is 1. The van der Waals surface area contributed by atoms with Gasteiger partial charge in [-0.15, -0.1) is 0 Å². The topological polar surface area (TPSA) is 186 Å². The predicted octanol–water partition coefficient (Wildman–Crippen LogP) is 4.68. The van der Waals surface area contributed by atoms with Crippen LogP contribution in [0.4, 0.5) is 14.5 Å². The number of hydrogen-bond acceptors (Lipinski definition) is 9. The molecule has 2 atom stereocenters. The van der Waals surface area contributed by atoms with Gasteiger partial charge >= 0.3 is 0 Å². The van der Waals surface area contributed by atoms with E-state index >= 15 is 0 Å². The van der Waals surface area contributed by atoms with Crippen molar-refractivity contribution < 1.29 is 33.0 Å². The number of fused-ring (bicyclic) bond motifs is 1.